The van der Waals surface area contributed by atoms with Crippen LogP contribution >= 0.6 is 0 Å². The molecule has 9 heavy (non-hydrogen) atoms. The summed E-state index contributed by atoms with van der Waals surface area (Å²) in [5.41, 5.74) is -1.44. The maximum Gasteiger partial charge on any atom is 0.268 e. The van der Waals surface area contributed by atoms with Crippen LogP contribution in [0.2, 0.25) is 0 Å². The van der Waals surface area contributed by atoms with E-state index < -0.39 is 16.6 Å². The second-order valence-electron chi connectivity index (χ2n) is 1.62. The minimum Gasteiger partial charge on any atom is -0.504 e. The Balaban J connectivity index is 3.42. The average Bonchev–Trinajstić information content (AvgIpc) is 1.89. The van der Waals surface area contributed by atoms with Gasteiger partial charge in [0.1, 0.15) is 0 Å². The number of rotatable bonds is 1. The molecule has 3 heteroatoms. The zero-order chi connectivity index (χ0) is 7.02. The highest BCUT2D eigenvalue weighted by atomic mass is 16.3. The Morgan fingerprint density at radius 2 is 1.89 bits per heavy atom. The van der Waals surface area contributed by atoms with E-state index in [1.807, 2.05) is 0 Å². The molecule has 0 aliphatic carbocycles. The summed E-state index contributed by atoms with van der Waals surface area (Å²) < 4.78 is 0. The fourth-order valence-electron chi connectivity index (χ4n) is 0.587. The zero-order valence-electron chi connectivity index (χ0n) is 4.55. The lowest BCUT2D eigenvalue weighted by Gasteiger charge is -1.95. The Bertz CT molecular complexity index is 315. The van der Waals surface area contributed by atoms with Crippen molar-refractivity contribution in [3.8, 4) is 5.75 Å². The van der Waals surface area contributed by atoms with Crippen LogP contribution in [0.25, 0.3) is 6.08 Å². The predicted molar refractivity (Wildman–Crippen MR) is 33.1 cm³/mol. The molecule has 0 spiro atoms. The van der Waals surface area contributed by atoms with E-state index in [1.54, 1.807) is 0 Å². The van der Waals surface area contributed by atoms with Crippen LogP contribution in [0.5, 0.6) is 5.75 Å². The first kappa shape index (κ1) is 5.75. The summed E-state index contributed by atoms with van der Waals surface area (Å²) in [6.07, 6.45) is 1.17. The molecule has 3 nitrogen and oxygen atoms in total. The standard InChI is InChI=1S/C6H4O3/c1-2-3-4(7)6(9)5(3)8/h2,7H,1H2. The van der Waals surface area contributed by atoms with Crippen molar-refractivity contribution in [1.82, 2.24) is 0 Å². The van der Waals surface area contributed by atoms with Crippen molar-refractivity contribution in [2.75, 3.05) is 0 Å². The fraction of sp³-hybridized carbons (Fsp3) is 0. The van der Waals surface area contributed by atoms with E-state index in [0.717, 1.165) is 0 Å². The van der Waals surface area contributed by atoms with Gasteiger partial charge >= 0.3 is 0 Å². The summed E-state index contributed by atoms with van der Waals surface area (Å²) in [6.45, 7) is 3.23. The van der Waals surface area contributed by atoms with Crippen molar-refractivity contribution >= 4 is 6.08 Å². The van der Waals surface area contributed by atoms with Gasteiger partial charge in [-0.2, -0.15) is 0 Å². The maximum atomic E-state index is 10.4. The van der Waals surface area contributed by atoms with Crippen LogP contribution in [0.3, 0.4) is 0 Å². The summed E-state index contributed by atoms with van der Waals surface area (Å²) in [7, 11) is 0. The fourth-order valence-corrected chi connectivity index (χ4v) is 0.587. The molecule has 0 aliphatic heterocycles. The molecule has 0 bridgehead atoms. The molecule has 0 saturated heterocycles. The SMILES string of the molecule is C=Cc1c(O)c(=O)c1=O. The third kappa shape index (κ3) is 0.512. The molecule has 0 heterocycles. The largest absolute Gasteiger partial charge is 0.504 e. The van der Waals surface area contributed by atoms with E-state index in [9.17, 15) is 9.59 Å². The van der Waals surface area contributed by atoms with Crippen LogP contribution in [0.1, 0.15) is 5.56 Å². The summed E-state index contributed by atoms with van der Waals surface area (Å²) >= 11 is 0. The van der Waals surface area contributed by atoms with E-state index in [0.29, 0.717) is 0 Å². The normalized spacial score (nSPS) is 9.78. The van der Waals surface area contributed by atoms with Gasteiger partial charge in [-0.25, -0.2) is 0 Å². The molecule has 0 aliphatic rings. The van der Waals surface area contributed by atoms with Crippen molar-refractivity contribution in [3.63, 3.8) is 0 Å². The molecule has 1 aromatic rings. The first-order valence-corrected chi connectivity index (χ1v) is 2.33. The smallest absolute Gasteiger partial charge is 0.268 e. The van der Waals surface area contributed by atoms with Crippen LogP contribution in [0.4, 0.5) is 0 Å². The summed E-state index contributed by atoms with van der Waals surface area (Å²) in [5.74, 6) is -0.463. The molecule has 0 fully saturated rings. The molecule has 46 valence electrons. The molecule has 1 N–H and O–H groups in total. The first-order valence-electron chi connectivity index (χ1n) is 2.33. The number of hydrogen-bond donors (Lipinski definition) is 1. The van der Waals surface area contributed by atoms with Crippen LogP contribution in [-0.2, 0) is 0 Å². The van der Waals surface area contributed by atoms with Gasteiger partial charge in [-0.05, 0) is 0 Å². The van der Waals surface area contributed by atoms with Gasteiger partial charge in [-0.3, -0.25) is 9.59 Å². The summed E-state index contributed by atoms with van der Waals surface area (Å²) in [6, 6.07) is 0. The lowest BCUT2D eigenvalue weighted by molar-refractivity contribution is 0.461. The number of aromatic hydroxyl groups is 1. The van der Waals surface area contributed by atoms with E-state index in [-0.39, 0.29) is 5.56 Å². The minimum absolute atomic E-state index is 0.0278. The third-order valence-electron chi connectivity index (χ3n) is 1.13. The molecule has 0 amide bonds. The van der Waals surface area contributed by atoms with Gasteiger partial charge in [0, 0.05) is 0 Å². The van der Waals surface area contributed by atoms with E-state index >= 15 is 0 Å². The van der Waals surface area contributed by atoms with Crippen molar-refractivity contribution in [3.05, 3.63) is 32.6 Å². The topological polar surface area (TPSA) is 54.4 Å². The van der Waals surface area contributed by atoms with Crippen LogP contribution in [-0.4, -0.2) is 5.11 Å². The van der Waals surface area contributed by atoms with Crippen LogP contribution in [0, 0.1) is 0 Å². The Morgan fingerprint density at radius 3 is 2.11 bits per heavy atom. The molecule has 0 aromatic heterocycles. The average molecular weight is 124 g/mol. The molecule has 0 radical (unpaired) electrons. The quantitative estimate of drug-likeness (QED) is 0.520. The molecule has 0 saturated carbocycles. The highest BCUT2D eigenvalue weighted by Crippen LogP contribution is 2.07. The van der Waals surface area contributed by atoms with Crippen LogP contribution in [0.15, 0.2) is 16.2 Å². The van der Waals surface area contributed by atoms with Crippen molar-refractivity contribution in [1.29, 1.82) is 0 Å². The van der Waals surface area contributed by atoms with E-state index in [2.05, 4.69) is 6.58 Å². The van der Waals surface area contributed by atoms with Gasteiger partial charge in [-0.1, -0.05) is 12.7 Å². The minimum atomic E-state index is -0.815. The van der Waals surface area contributed by atoms with E-state index in [4.69, 9.17) is 5.11 Å². The Hall–Kier alpha value is -1.38. The van der Waals surface area contributed by atoms with Gasteiger partial charge in [0.15, 0.2) is 5.75 Å². The van der Waals surface area contributed by atoms with Gasteiger partial charge in [0.2, 0.25) is 5.43 Å². The van der Waals surface area contributed by atoms with Gasteiger partial charge in [0.05, 0.1) is 5.56 Å². The van der Waals surface area contributed by atoms with E-state index in [1.165, 1.54) is 6.08 Å². The molecule has 0 atom stereocenters. The maximum absolute atomic E-state index is 10.4. The highest BCUT2D eigenvalue weighted by Gasteiger charge is 2.15. The molecular weight excluding hydrogens is 120 g/mol. The van der Waals surface area contributed by atoms with Gasteiger partial charge in [0.25, 0.3) is 5.43 Å². The first-order chi connectivity index (χ1) is 4.18. The lowest BCUT2D eigenvalue weighted by Crippen LogP contribution is -2.32. The molecule has 1 aromatic carbocycles. The second-order valence-corrected chi connectivity index (χ2v) is 1.62. The predicted octanol–water partition coefficient (Wildman–Crippen LogP) is -0.369. The van der Waals surface area contributed by atoms with Crippen molar-refractivity contribution in [2.24, 2.45) is 0 Å². The molecule has 1 rings (SSSR count). The summed E-state index contributed by atoms with van der Waals surface area (Å²) in [4.78, 5) is 20.6. The Labute approximate surface area is 50.6 Å². The van der Waals surface area contributed by atoms with Crippen molar-refractivity contribution < 1.29 is 5.11 Å². The van der Waals surface area contributed by atoms with Gasteiger partial charge < -0.3 is 5.11 Å². The monoisotopic (exact) mass is 124 g/mol. The lowest BCUT2D eigenvalue weighted by atomic mass is 10.1. The summed E-state index contributed by atoms with van der Waals surface area (Å²) in [5, 5.41) is 8.58. The van der Waals surface area contributed by atoms with Gasteiger partial charge in [-0.15, -0.1) is 0 Å². The molecular formula is C6H4O3. The zero-order valence-corrected chi connectivity index (χ0v) is 4.55. The Morgan fingerprint density at radius 1 is 1.33 bits per heavy atom. The third-order valence-corrected chi connectivity index (χ3v) is 1.13. The highest BCUT2D eigenvalue weighted by molar-refractivity contribution is 5.58. The van der Waals surface area contributed by atoms with Crippen LogP contribution < -0.4 is 10.9 Å². The molecule has 0 unspecified atom stereocenters. The second kappa shape index (κ2) is 1.55. The number of hydrogen-bond acceptors (Lipinski definition) is 3. The van der Waals surface area contributed by atoms with Crippen molar-refractivity contribution in [2.45, 2.75) is 0 Å². The Kier molecular flexibility index (Phi) is 0.990.